The molecule has 2 heteroatoms. The van der Waals surface area contributed by atoms with Gasteiger partial charge < -0.3 is 10.5 Å². The molecule has 1 aliphatic carbocycles. The third-order valence-corrected chi connectivity index (χ3v) is 4.31. The largest absolute Gasteiger partial charge is 0.496 e. The van der Waals surface area contributed by atoms with Crippen molar-refractivity contribution in [3.05, 3.63) is 29.8 Å². The van der Waals surface area contributed by atoms with Gasteiger partial charge in [-0.1, -0.05) is 38.0 Å². The summed E-state index contributed by atoms with van der Waals surface area (Å²) < 4.78 is 5.40. The van der Waals surface area contributed by atoms with E-state index in [4.69, 9.17) is 10.5 Å². The fourth-order valence-corrected chi connectivity index (χ4v) is 3.01. The first-order valence-electron chi connectivity index (χ1n) is 7.08. The van der Waals surface area contributed by atoms with Crippen LogP contribution in [-0.4, -0.2) is 13.2 Å². The van der Waals surface area contributed by atoms with Crippen LogP contribution in [0.5, 0.6) is 5.75 Å². The summed E-state index contributed by atoms with van der Waals surface area (Å²) in [5.41, 5.74) is 7.64. The van der Waals surface area contributed by atoms with Crippen molar-refractivity contribution in [2.45, 2.75) is 45.1 Å². The molecule has 0 aromatic heterocycles. The lowest BCUT2D eigenvalue weighted by Gasteiger charge is -2.30. The number of hydrogen-bond acceptors (Lipinski definition) is 2. The summed E-state index contributed by atoms with van der Waals surface area (Å²) in [5, 5.41) is 0. The van der Waals surface area contributed by atoms with Crippen LogP contribution in [0, 0.1) is 11.8 Å². The highest BCUT2D eigenvalue weighted by atomic mass is 16.5. The maximum atomic E-state index is 6.39. The number of para-hydroxylation sites is 1. The second kappa shape index (κ2) is 6.24. The van der Waals surface area contributed by atoms with E-state index < -0.39 is 0 Å². The quantitative estimate of drug-likeness (QED) is 0.885. The predicted octanol–water partition coefficient (Wildman–Crippen LogP) is 3.39. The predicted molar refractivity (Wildman–Crippen MR) is 75.8 cm³/mol. The van der Waals surface area contributed by atoms with Gasteiger partial charge >= 0.3 is 0 Å². The summed E-state index contributed by atoms with van der Waals surface area (Å²) in [6.45, 7) is 2.35. The molecule has 2 nitrogen and oxygen atoms in total. The van der Waals surface area contributed by atoms with Crippen LogP contribution in [0.2, 0.25) is 0 Å². The van der Waals surface area contributed by atoms with Crippen LogP contribution in [0.15, 0.2) is 24.3 Å². The molecule has 1 unspecified atom stereocenters. The number of hydrogen-bond donors (Lipinski definition) is 1. The zero-order chi connectivity index (χ0) is 13.0. The fraction of sp³-hybridized carbons (Fsp3) is 0.625. The van der Waals surface area contributed by atoms with Gasteiger partial charge in [-0.2, -0.15) is 0 Å². The average molecular weight is 247 g/mol. The molecule has 1 aromatic rings. The van der Waals surface area contributed by atoms with E-state index >= 15 is 0 Å². The van der Waals surface area contributed by atoms with Gasteiger partial charge in [0.05, 0.1) is 7.11 Å². The van der Waals surface area contributed by atoms with Crippen LogP contribution < -0.4 is 10.5 Å². The molecule has 1 aromatic carbocycles. The highest BCUT2D eigenvalue weighted by Crippen LogP contribution is 2.31. The highest BCUT2D eigenvalue weighted by Gasteiger charge is 2.24. The summed E-state index contributed by atoms with van der Waals surface area (Å²) >= 11 is 0. The molecule has 1 saturated carbocycles. The summed E-state index contributed by atoms with van der Waals surface area (Å²) in [4.78, 5) is 0. The van der Waals surface area contributed by atoms with Gasteiger partial charge in [-0.05, 0) is 42.7 Å². The molecule has 0 amide bonds. The average Bonchev–Trinajstić information content (AvgIpc) is 2.40. The molecule has 0 aliphatic heterocycles. The van der Waals surface area contributed by atoms with Crippen LogP contribution in [0.1, 0.15) is 38.2 Å². The first-order valence-corrected chi connectivity index (χ1v) is 7.08. The van der Waals surface area contributed by atoms with Gasteiger partial charge in [0, 0.05) is 6.04 Å². The summed E-state index contributed by atoms with van der Waals surface area (Å²) in [6, 6.07) is 8.49. The maximum absolute atomic E-state index is 6.39. The van der Waals surface area contributed by atoms with Crippen LogP contribution in [-0.2, 0) is 6.42 Å². The molecule has 1 fully saturated rings. The first kappa shape index (κ1) is 13.4. The molecule has 0 heterocycles. The Bertz CT molecular complexity index is 369. The van der Waals surface area contributed by atoms with Gasteiger partial charge in [0.15, 0.2) is 0 Å². The Labute approximate surface area is 111 Å². The monoisotopic (exact) mass is 247 g/mol. The summed E-state index contributed by atoms with van der Waals surface area (Å²) in [7, 11) is 1.73. The standard InChI is InChI=1S/C16H25NO/c1-12-7-9-13(10-8-12)15(17)11-14-5-3-4-6-16(14)18-2/h3-6,12-13,15H,7-11,17H2,1-2H3. The van der Waals surface area contributed by atoms with Crippen molar-refractivity contribution in [3.63, 3.8) is 0 Å². The van der Waals surface area contributed by atoms with E-state index in [2.05, 4.69) is 19.1 Å². The Morgan fingerprint density at radius 2 is 1.89 bits per heavy atom. The molecule has 0 radical (unpaired) electrons. The van der Waals surface area contributed by atoms with Crippen molar-refractivity contribution in [1.29, 1.82) is 0 Å². The molecule has 100 valence electrons. The van der Waals surface area contributed by atoms with Crippen LogP contribution >= 0.6 is 0 Å². The Morgan fingerprint density at radius 1 is 1.22 bits per heavy atom. The SMILES string of the molecule is COc1ccccc1CC(N)C1CCC(C)CC1. The Balaban J connectivity index is 1.96. The van der Waals surface area contributed by atoms with Crippen molar-refractivity contribution in [3.8, 4) is 5.75 Å². The molecule has 2 N–H and O–H groups in total. The van der Waals surface area contributed by atoms with Gasteiger partial charge in [0.1, 0.15) is 5.75 Å². The van der Waals surface area contributed by atoms with E-state index in [1.807, 2.05) is 12.1 Å². The third kappa shape index (κ3) is 3.26. The van der Waals surface area contributed by atoms with Crippen molar-refractivity contribution in [1.82, 2.24) is 0 Å². The topological polar surface area (TPSA) is 35.2 Å². The normalized spacial score (nSPS) is 25.7. The Kier molecular flexibility index (Phi) is 4.65. The van der Waals surface area contributed by atoms with Gasteiger partial charge in [0.2, 0.25) is 0 Å². The lowest BCUT2D eigenvalue weighted by molar-refractivity contribution is 0.252. The smallest absolute Gasteiger partial charge is 0.122 e. The van der Waals surface area contributed by atoms with E-state index in [-0.39, 0.29) is 6.04 Å². The lowest BCUT2D eigenvalue weighted by Crippen LogP contribution is -2.34. The minimum atomic E-state index is 0.272. The maximum Gasteiger partial charge on any atom is 0.122 e. The minimum Gasteiger partial charge on any atom is -0.496 e. The zero-order valence-electron chi connectivity index (χ0n) is 11.6. The number of ether oxygens (including phenoxy) is 1. The molecule has 1 aliphatic rings. The number of methoxy groups -OCH3 is 1. The molecule has 0 bridgehead atoms. The minimum absolute atomic E-state index is 0.272. The summed E-state index contributed by atoms with van der Waals surface area (Å²) in [6.07, 6.45) is 6.19. The van der Waals surface area contributed by atoms with E-state index in [1.165, 1.54) is 31.2 Å². The molecule has 1 atom stereocenters. The Hall–Kier alpha value is -1.02. The van der Waals surface area contributed by atoms with Crippen molar-refractivity contribution in [2.24, 2.45) is 17.6 Å². The number of nitrogens with two attached hydrogens (primary N) is 1. The van der Waals surface area contributed by atoms with Crippen molar-refractivity contribution in [2.75, 3.05) is 7.11 Å². The van der Waals surface area contributed by atoms with E-state index in [1.54, 1.807) is 7.11 Å². The fourth-order valence-electron chi connectivity index (χ4n) is 3.01. The first-order chi connectivity index (χ1) is 8.70. The van der Waals surface area contributed by atoms with E-state index in [0.29, 0.717) is 5.92 Å². The van der Waals surface area contributed by atoms with Crippen molar-refractivity contribution < 1.29 is 4.74 Å². The second-order valence-electron chi connectivity index (χ2n) is 5.70. The molecule has 0 saturated heterocycles. The van der Waals surface area contributed by atoms with Crippen LogP contribution in [0.4, 0.5) is 0 Å². The van der Waals surface area contributed by atoms with Crippen LogP contribution in [0.25, 0.3) is 0 Å². The number of benzene rings is 1. The van der Waals surface area contributed by atoms with E-state index in [0.717, 1.165) is 18.1 Å². The number of rotatable bonds is 4. The molecular formula is C16H25NO. The highest BCUT2D eigenvalue weighted by molar-refractivity contribution is 5.33. The van der Waals surface area contributed by atoms with Gasteiger partial charge in [0.25, 0.3) is 0 Å². The lowest BCUT2D eigenvalue weighted by atomic mass is 9.78. The molecule has 18 heavy (non-hydrogen) atoms. The van der Waals surface area contributed by atoms with Gasteiger partial charge in [-0.25, -0.2) is 0 Å². The molecular weight excluding hydrogens is 222 g/mol. The third-order valence-electron chi connectivity index (χ3n) is 4.31. The molecule has 2 rings (SSSR count). The van der Waals surface area contributed by atoms with Gasteiger partial charge in [-0.15, -0.1) is 0 Å². The molecule has 0 spiro atoms. The summed E-state index contributed by atoms with van der Waals surface area (Å²) in [5.74, 6) is 2.54. The van der Waals surface area contributed by atoms with E-state index in [9.17, 15) is 0 Å². The second-order valence-corrected chi connectivity index (χ2v) is 5.70. The van der Waals surface area contributed by atoms with Crippen molar-refractivity contribution >= 4 is 0 Å². The van der Waals surface area contributed by atoms with Crippen LogP contribution in [0.3, 0.4) is 0 Å². The van der Waals surface area contributed by atoms with Gasteiger partial charge in [-0.3, -0.25) is 0 Å². The Morgan fingerprint density at radius 3 is 2.56 bits per heavy atom. The zero-order valence-corrected chi connectivity index (χ0v) is 11.6.